The maximum absolute atomic E-state index is 4.51. The van der Waals surface area contributed by atoms with Crippen LogP contribution in [0.5, 0.6) is 0 Å². The first kappa shape index (κ1) is 12.1. The molecule has 1 atom stereocenters. The second-order valence-electron chi connectivity index (χ2n) is 6.01. The minimum atomic E-state index is 0.893. The van der Waals surface area contributed by atoms with Gasteiger partial charge in [-0.2, -0.15) is 0 Å². The Morgan fingerprint density at radius 3 is 2.80 bits per heavy atom. The summed E-state index contributed by atoms with van der Waals surface area (Å²) in [5, 5.41) is 4.64. The lowest BCUT2D eigenvalue weighted by atomic mass is 9.84. The van der Waals surface area contributed by atoms with Crippen LogP contribution in [0.15, 0.2) is 18.6 Å². The van der Waals surface area contributed by atoms with Crippen molar-refractivity contribution in [3.05, 3.63) is 18.6 Å². The number of piperidine rings is 1. The van der Waals surface area contributed by atoms with Gasteiger partial charge < -0.3 is 15.2 Å². The number of anilines is 1. The van der Waals surface area contributed by atoms with E-state index in [4.69, 9.17) is 0 Å². The Bertz CT molecular complexity index is 579. The molecule has 2 fully saturated rings. The summed E-state index contributed by atoms with van der Waals surface area (Å²) >= 11 is 0. The van der Waals surface area contributed by atoms with Crippen LogP contribution in [-0.2, 0) is 0 Å². The smallest absolute Gasteiger partial charge is 0.142 e. The molecule has 0 aromatic carbocycles. The molecule has 0 bridgehead atoms. The number of nitrogens with zero attached hydrogens (tertiary/aromatic N) is 3. The predicted octanol–water partition coefficient (Wildman–Crippen LogP) is 1.78. The Hall–Kier alpha value is -1.62. The van der Waals surface area contributed by atoms with Crippen molar-refractivity contribution >= 4 is 16.9 Å². The first-order chi connectivity index (χ1) is 9.92. The average Bonchev–Trinajstić information content (AvgIpc) is 3.18. The summed E-state index contributed by atoms with van der Waals surface area (Å²) in [6, 6.07) is 2.08. The molecule has 0 radical (unpaired) electrons. The number of aromatic nitrogens is 3. The van der Waals surface area contributed by atoms with E-state index in [1.54, 1.807) is 6.33 Å². The lowest BCUT2D eigenvalue weighted by Gasteiger charge is -2.35. The van der Waals surface area contributed by atoms with E-state index in [9.17, 15) is 0 Å². The average molecular weight is 271 g/mol. The van der Waals surface area contributed by atoms with Crippen molar-refractivity contribution in [2.75, 3.05) is 31.1 Å². The van der Waals surface area contributed by atoms with E-state index in [2.05, 4.69) is 31.2 Å². The van der Waals surface area contributed by atoms with Gasteiger partial charge in [0.05, 0.1) is 5.39 Å². The second-order valence-corrected chi connectivity index (χ2v) is 6.01. The molecule has 20 heavy (non-hydrogen) atoms. The summed E-state index contributed by atoms with van der Waals surface area (Å²) < 4.78 is 0. The first-order valence-electron chi connectivity index (χ1n) is 7.65. The molecule has 1 unspecified atom stereocenters. The number of hydrogen-bond acceptors (Lipinski definition) is 4. The van der Waals surface area contributed by atoms with Crippen molar-refractivity contribution in [3.63, 3.8) is 0 Å². The van der Waals surface area contributed by atoms with Crippen molar-refractivity contribution in [1.29, 1.82) is 0 Å². The molecule has 0 spiro atoms. The van der Waals surface area contributed by atoms with Gasteiger partial charge in [0, 0.05) is 19.3 Å². The van der Waals surface area contributed by atoms with Gasteiger partial charge in [-0.3, -0.25) is 0 Å². The lowest BCUT2D eigenvalue weighted by molar-refractivity contribution is 0.292. The number of aromatic amines is 1. The molecule has 5 heteroatoms. The minimum Gasteiger partial charge on any atom is -0.356 e. The highest BCUT2D eigenvalue weighted by Crippen LogP contribution is 2.32. The zero-order chi connectivity index (χ0) is 13.4. The van der Waals surface area contributed by atoms with Crippen LogP contribution < -0.4 is 10.2 Å². The third-order valence-corrected chi connectivity index (χ3v) is 4.94. The summed E-state index contributed by atoms with van der Waals surface area (Å²) in [5.41, 5.74) is 0.942. The molecule has 4 rings (SSSR count). The fourth-order valence-electron chi connectivity index (χ4n) is 3.77. The Labute approximate surface area is 118 Å². The third kappa shape index (κ3) is 2.06. The van der Waals surface area contributed by atoms with Gasteiger partial charge in [-0.05, 0) is 50.3 Å². The highest BCUT2D eigenvalue weighted by molar-refractivity contribution is 5.87. The van der Waals surface area contributed by atoms with E-state index >= 15 is 0 Å². The molecule has 2 aromatic heterocycles. The zero-order valence-electron chi connectivity index (χ0n) is 11.7. The Morgan fingerprint density at radius 2 is 2.00 bits per heavy atom. The Kier molecular flexibility index (Phi) is 3.07. The highest BCUT2D eigenvalue weighted by atomic mass is 15.2. The molecule has 2 N–H and O–H groups in total. The van der Waals surface area contributed by atoms with Gasteiger partial charge >= 0.3 is 0 Å². The molecule has 0 saturated carbocycles. The van der Waals surface area contributed by atoms with Crippen LogP contribution in [0.2, 0.25) is 0 Å². The normalized spacial score (nSPS) is 24.6. The third-order valence-electron chi connectivity index (χ3n) is 4.94. The standard InChI is InChI=1S/C15H21N5/c1-5-16-9-12(1)11-3-7-20(8-4-11)15-13-2-6-17-14(13)18-10-19-15/h2,6,10-12,16H,1,3-5,7-9H2,(H,17,18,19). The van der Waals surface area contributed by atoms with Crippen LogP contribution in [-0.4, -0.2) is 41.1 Å². The SMILES string of the molecule is c1nc(N2CCC(C3CCNC3)CC2)c2cc[nH]c2n1. The fourth-order valence-corrected chi connectivity index (χ4v) is 3.77. The summed E-state index contributed by atoms with van der Waals surface area (Å²) in [4.78, 5) is 14.4. The number of hydrogen-bond donors (Lipinski definition) is 2. The van der Waals surface area contributed by atoms with Crippen molar-refractivity contribution in [2.45, 2.75) is 19.3 Å². The van der Waals surface area contributed by atoms with Gasteiger partial charge in [0.2, 0.25) is 0 Å². The van der Waals surface area contributed by atoms with Crippen LogP contribution in [0.4, 0.5) is 5.82 Å². The van der Waals surface area contributed by atoms with E-state index in [0.29, 0.717) is 0 Å². The van der Waals surface area contributed by atoms with Crippen molar-refractivity contribution in [3.8, 4) is 0 Å². The maximum atomic E-state index is 4.51. The molecule has 106 valence electrons. The number of H-pyrrole nitrogens is 1. The number of fused-ring (bicyclic) bond motifs is 1. The quantitative estimate of drug-likeness (QED) is 0.874. The van der Waals surface area contributed by atoms with Crippen LogP contribution in [0, 0.1) is 11.8 Å². The van der Waals surface area contributed by atoms with E-state index in [-0.39, 0.29) is 0 Å². The van der Waals surface area contributed by atoms with Crippen molar-refractivity contribution in [1.82, 2.24) is 20.3 Å². The van der Waals surface area contributed by atoms with Crippen molar-refractivity contribution in [2.24, 2.45) is 11.8 Å². The van der Waals surface area contributed by atoms with E-state index in [1.165, 1.54) is 32.4 Å². The van der Waals surface area contributed by atoms with Crippen LogP contribution in [0.25, 0.3) is 11.0 Å². The van der Waals surface area contributed by atoms with Crippen LogP contribution in [0.1, 0.15) is 19.3 Å². The van der Waals surface area contributed by atoms with Crippen LogP contribution in [0.3, 0.4) is 0 Å². The monoisotopic (exact) mass is 271 g/mol. The molecular formula is C15H21N5. The highest BCUT2D eigenvalue weighted by Gasteiger charge is 2.29. The number of nitrogens with one attached hydrogen (secondary N) is 2. The van der Waals surface area contributed by atoms with Crippen LogP contribution >= 0.6 is 0 Å². The van der Waals surface area contributed by atoms with Crippen molar-refractivity contribution < 1.29 is 0 Å². The van der Waals surface area contributed by atoms with Gasteiger partial charge in [-0.25, -0.2) is 9.97 Å². The molecule has 4 heterocycles. The zero-order valence-corrected chi connectivity index (χ0v) is 11.7. The molecular weight excluding hydrogens is 250 g/mol. The Morgan fingerprint density at radius 1 is 1.10 bits per heavy atom. The van der Waals surface area contributed by atoms with Gasteiger partial charge in [0.25, 0.3) is 0 Å². The summed E-state index contributed by atoms with van der Waals surface area (Å²) in [5.74, 6) is 2.89. The molecule has 0 amide bonds. The molecule has 2 aliphatic heterocycles. The fraction of sp³-hybridized carbons (Fsp3) is 0.600. The summed E-state index contributed by atoms with van der Waals surface area (Å²) in [7, 11) is 0. The molecule has 2 aliphatic rings. The lowest BCUT2D eigenvalue weighted by Crippen LogP contribution is -2.37. The van der Waals surface area contributed by atoms with Gasteiger partial charge in [0.15, 0.2) is 0 Å². The molecule has 5 nitrogen and oxygen atoms in total. The second kappa shape index (κ2) is 5.05. The van der Waals surface area contributed by atoms with Gasteiger partial charge in [-0.1, -0.05) is 0 Å². The van der Waals surface area contributed by atoms with Gasteiger partial charge in [0.1, 0.15) is 17.8 Å². The predicted molar refractivity (Wildman–Crippen MR) is 79.8 cm³/mol. The van der Waals surface area contributed by atoms with Gasteiger partial charge in [-0.15, -0.1) is 0 Å². The molecule has 2 saturated heterocycles. The largest absolute Gasteiger partial charge is 0.356 e. The van der Waals surface area contributed by atoms with E-state index < -0.39 is 0 Å². The summed E-state index contributed by atoms with van der Waals surface area (Å²) in [6.45, 7) is 4.68. The minimum absolute atomic E-state index is 0.893. The van der Waals surface area contributed by atoms with E-state index in [1.807, 2.05) is 6.20 Å². The molecule has 2 aromatic rings. The maximum Gasteiger partial charge on any atom is 0.142 e. The molecule has 0 aliphatic carbocycles. The Balaban J connectivity index is 1.50. The first-order valence-corrected chi connectivity index (χ1v) is 7.65. The number of rotatable bonds is 2. The summed E-state index contributed by atoms with van der Waals surface area (Å²) in [6.07, 6.45) is 7.56. The van der Waals surface area contributed by atoms with E-state index in [0.717, 1.165) is 41.8 Å². The topological polar surface area (TPSA) is 56.8 Å².